The van der Waals surface area contributed by atoms with Gasteiger partial charge in [-0.05, 0) is 44.7 Å². The van der Waals surface area contributed by atoms with Crippen molar-refractivity contribution in [3.8, 4) is 0 Å². The molecular formula is C14H28N6. The number of rotatable bonds is 4. The molecule has 1 aliphatic rings. The second-order valence-electron chi connectivity index (χ2n) is 6.76. The summed E-state index contributed by atoms with van der Waals surface area (Å²) >= 11 is 0. The summed E-state index contributed by atoms with van der Waals surface area (Å²) in [4.78, 5) is 4.92. The monoisotopic (exact) mass is 280 g/mol. The Balaban J connectivity index is 2.23. The highest BCUT2D eigenvalue weighted by atomic mass is 15.6. The minimum atomic E-state index is -0.0720. The standard InChI is InChI=1S/C14H28N6/c1-6-7-12(19-10-8-18(5)9-11-19)13-15-16-17-20(13)14(2,3)4/h12H,6-11H2,1-5H3/t12-/m0/s1. The topological polar surface area (TPSA) is 50.1 Å². The molecule has 0 unspecified atom stereocenters. The van der Waals surface area contributed by atoms with E-state index >= 15 is 0 Å². The second kappa shape index (κ2) is 6.18. The molecule has 0 bridgehead atoms. The molecule has 0 aromatic carbocycles. The Morgan fingerprint density at radius 3 is 2.35 bits per heavy atom. The Morgan fingerprint density at radius 2 is 1.80 bits per heavy atom. The molecule has 1 aliphatic heterocycles. The maximum absolute atomic E-state index is 4.34. The van der Waals surface area contributed by atoms with E-state index in [-0.39, 0.29) is 5.54 Å². The lowest BCUT2D eigenvalue weighted by Gasteiger charge is -2.38. The number of aromatic nitrogens is 4. The third-order valence-electron chi connectivity index (χ3n) is 3.97. The average molecular weight is 280 g/mol. The van der Waals surface area contributed by atoms with Crippen molar-refractivity contribution in [2.45, 2.75) is 52.1 Å². The molecule has 1 atom stereocenters. The molecule has 2 rings (SSSR count). The summed E-state index contributed by atoms with van der Waals surface area (Å²) in [5.74, 6) is 1.02. The summed E-state index contributed by atoms with van der Waals surface area (Å²) in [5.41, 5.74) is -0.0720. The van der Waals surface area contributed by atoms with Crippen LogP contribution in [-0.4, -0.2) is 63.2 Å². The van der Waals surface area contributed by atoms with Gasteiger partial charge >= 0.3 is 0 Å². The van der Waals surface area contributed by atoms with Crippen LogP contribution in [0.25, 0.3) is 0 Å². The second-order valence-corrected chi connectivity index (χ2v) is 6.76. The summed E-state index contributed by atoms with van der Waals surface area (Å²) in [6.07, 6.45) is 2.26. The Morgan fingerprint density at radius 1 is 1.15 bits per heavy atom. The van der Waals surface area contributed by atoms with Gasteiger partial charge in [-0.25, -0.2) is 4.68 Å². The first kappa shape index (κ1) is 15.4. The molecule has 1 fully saturated rings. The Labute approximate surface area is 122 Å². The van der Waals surface area contributed by atoms with Gasteiger partial charge in [0.25, 0.3) is 0 Å². The number of piperazine rings is 1. The fourth-order valence-corrected chi connectivity index (χ4v) is 2.76. The lowest BCUT2D eigenvalue weighted by molar-refractivity contribution is 0.0963. The van der Waals surface area contributed by atoms with Crippen LogP contribution < -0.4 is 0 Å². The fraction of sp³-hybridized carbons (Fsp3) is 0.929. The Kier molecular flexibility index (Phi) is 4.75. The van der Waals surface area contributed by atoms with Crippen LogP contribution in [-0.2, 0) is 5.54 Å². The summed E-state index contributed by atoms with van der Waals surface area (Å²) in [6.45, 7) is 13.1. The first-order valence-corrected chi connectivity index (χ1v) is 7.65. The molecule has 6 heteroatoms. The number of likely N-dealkylation sites (N-methyl/N-ethyl adjacent to an activating group) is 1. The third kappa shape index (κ3) is 3.35. The number of tetrazole rings is 1. The molecular weight excluding hydrogens is 252 g/mol. The van der Waals surface area contributed by atoms with Gasteiger partial charge in [0.05, 0.1) is 11.6 Å². The molecule has 2 heterocycles. The highest BCUT2D eigenvalue weighted by Gasteiger charge is 2.30. The lowest BCUT2D eigenvalue weighted by Crippen LogP contribution is -2.47. The van der Waals surface area contributed by atoms with Crippen LogP contribution in [0.5, 0.6) is 0 Å². The van der Waals surface area contributed by atoms with E-state index in [9.17, 15) is 0 Å². The zero-order chi connectivity index (χ0) is 14.8. The molecule has 0 spiro atoms. The van der Waals surface area contributed by atoms with Crippen LogP contribution in [0.4, 0.5) is 0 Å². The summed E-state index contributed by atoms with van der Waals surface area (Å²) < 4.78 is 1.99. The third-order valence-corrected chi connectivity index (χ3v) is 3.97. The van der Waals surface area contributed by atoms with E-state index < -0.39 is 0 Å². The largest absolute Gasteiger partial charge is 0.304 e. The normalized spacial score (nSPS) is 20.2. The molecule has 114 valence electrons. The van der Waals surface area contributed by atoms with Crippen molar-refractivity contribution in [3.05, 3.63) is 5.82 Å². The van der Waals surface area contributed by atoms with E-state index in [1.165, 1.54) is 0 Å². The van der Waals surface area contributed by atoms with Crippen molar-refractivity contribution in [1.82, 2.24) is 30.0 Å². The predicted molar refractivity (Wildman–Crippen MR) is 79.5 cm³/mol. The number of nitrogens with zero attached hydrogens (tertiary/aromatic N) is 6. The number of hydrogen-bond acceptors (Lipinski definition) is 5. The van der Waals surface area contributed by atoms with E-state index in [4.69, 9.17) is 0 Å². The Bertz CT molecular complexity index is 414. The molecule has 0 amide bonds. The zero-order valence-corrected chi connectivity index (χ0v) is 13.5. The van der Waals surface area contributed by atoms with E-state index in [0.29, 0.717) is 6.04 Å². The van der Waals surface area contributed by atoms with Crippen molar-refractivity contribution in [1.29, 1.82) is 0 Å². The van der Waals surface area contributed by atoms with Crippen LogP contribution >= 0.6 is 0 Å². The summed E-state index contributed by atoms with van der Waals surface area (Å²) in [5, 5.41) is 12.5. The summed E-state index contributed by atoms with van der Waals surface area (Å²) in [6, 6.07) is 0.336. The first-order chi connectivity index (χ1) is 9.43. The number of hydrogen-bond donors (Lipinski definition) is 0. The maximum atomic E-state index is 4.34. The molecule has 0 N–H and O–H groups in total. The van der Waals surface area contributed by atoms with Crippen LogP contribution in [0, 0.1) is 0 Å². The van der Waals surface area contributed by atoms with Gasteiger partial charge in [-0.2, -0.15) is 0 Å². The van der Waals surface area contributed by atoms with Crippen molar-refractivity contribution in [3.63, 3.8) is 0 Å². The minimum absolute atomic E-state index is 0.0720. The van der Waals surface area contributed by atoms with Crippen molar-refractivity contribution in [2.24, 2.45) is 0 Å². The van der Waals surface area contributed by atoms with Crippen LogP contribution in [0.2, 0.25) is 0 Å². The van der Waals surface area contributed by atoms with E-state index in [0.717, 1.165) is 44.8 Å². The van der Waals surface area contributed by atoms with Gasteiger partial charge in [0.2, 0.25) is 0 Å². The van der Waals surface area contributed by atoms with Gasteiger partial charge in [-0.15, -0.1) is 5.10 Å². The predicted octanol–water partition coefficient (Wildman–Crippen LogP) is 1.52. The highest BCUT2D eigenvalue weighted by Crippen LogP contribution is 2.27. The van der Waals surface area contributed by atoms with Crippen LogP contribution in [0.15, 0.2) is 0 Å². The fourth-order valence-electron chi connectivity index (χ4n) is 2.76. The van der Waals surface area contributed by atoms with Gasteiger partial charge in [-0.3, -0.25) is 4.90 Å². The quantitative estimate of drug-likeness (QED) is 0.837. The van der Waals surface area contributed by atoms with E-state index in [2.05, 4.69) is 60.1 Å². The first-order valence-electron chi connectivity index (χ1n) is 7.65. The zero-order valence-electron chi connectivity index (χ0n) is 13.5. The van der Waals surface area contributed by atoms with E-state index in [1.807, 2.05) is 4.68 Å². The van der Waals surface area contributed by atoms with Gasteiger partial charge in [0.15, 0.2) is 5.82 Å². The molecule has 0 saturated carbocycles. The molecule has 20 heavy (non-hydrogen) atoms. The van der Waals surface area contributed by atoms with Crippen molar-refractivity contribution in [2.75, 3.05) is 33.2 Å². The molecule has 1 aromatic rings. The molecule has 0 radical (unpaired) electrons. The minimum Gasteiger partial charge on any atom is -0.304 e. The van der Waals surface area contributed by atoms with Gasteiger partial charge in [0.1, 0.15) is 0 Å². The maximum Gasteiger partial charge on any atom is 0.168 e. The van der Waals surface area contributed by atoms with Gasteiger partial charge < -0.3 is 4.90 Å². The highest BCUT2D eigenvalue weighted by molar-refractivity contribution is 4.97. The SMILES string of the molecule is CCC[C@@H](c1nnnn1C(C)(C)C)N1CCN(C)CC1. The molecule has 0 aliphatic carbocycles. The Hall–Kier alpha value is -1.01. The van der Waals surface area contributed by atoms with Gasteiger partial charge in [0, 0.05) is 26.2 Å². The van der Waals surface area contributed by atoms with E-state index in [1.54, 1.807) is 0 Å². The average Bonchev–Trinajstić information content (AvgIpc) is 2.86. The molecule has 6 nitrogen and oxygen atoms in total. The van der Waals surface area contributed by atoms with Crippen LogP contribution in [0.1, 0.15) is 52.4 Å². The van der Waals surface area contributed by atoms with Gasteiger partial charge in [-0.1, -0.05) is 13.3 Å². The molecule has 1 aromatic heterocycles. The van der Waals surface area contributed by atoms with Crippen molar-refractivity contribution < 1.29 is 0 Å². The smallest absolute Gasteiger partial charge is 0.168 e. The lowest BCUT2D eigenvalue weighted by atomic mass is 10.1. The van der Waals surface area contributed by atoms with Crippen molar-refractivity contribution >= 4 is 0 Å². The summed E-state index contributed by atoms with van der Waals surface area (Å²) in [7, 11) is 2.19. The van der Waals surface area contributed by atoms with Crippen LogP contribution in [0.3, 0.4) is 0 Å². The molecule has 1 saturated heterocycles.